The summed E-state index contributed by atoms with van der Waals surface area (Å²) in [4.78, 5) is 25.5. The molecule has 5 nitrogen and oxygen atoms in total. The van der Waals surface area contributed by atoms with E-state index in [9.17, 15) is 9.59 Å². The molecule has 3 fully saturated rings. The van der Waals surface area contributed by atoms with Crippen LogP contribution in [0.15, 0.2) is 69.4 Å². The van der Waals surface area contributed by atoms with Crippen molar-refractivity contribution in [2.75, 3.05) is 6.61 Å². The van der Waals surface area contributed by atoms with Crippen LogP contribution in [-0.2, 0) is 9.53 Å². The van der Waals surface area contributed by atoms with E-state index < -0.39 is 11.6 Å². The van der Waals surface area contributed by atoms with Gasteiger partial charge in [0.05, 0.1) is 5.02 Å². The number of benzene rings is 2. The molecule has 4 aliphatic rings. The maximum atomic E-state index is 13.1. The lowest BCUT2D eigenvalue weighted by atomic mass is 9.47. The maximum absolute atomic E-state index is 13.1. The first-order chi connectivity index (χ1) is 24.0. The molecular weight excluding hydrogens is 644 g/mol. The topological polar surface area (TPSA) is 65.7 Å². The minimum absolute atomic E-state index is 0.142. The molecule has 0 amide bonds. The third-order valence-electron chi connectivity index (χ3n) is 13.8. The van der Waals surface area contributed by atoms with E-state index in [1.807, 2.05) is 30.3 Å². The van der Waals surface area contributed by atoms with Crippen molar-refractivity contribution in [3.63, 3.8) is 0 Å². The molecule has 50 heavy (non-hydrogen) atoms. The Morgan fingerprint density at radius 2 is 1.78 bits per heavy atom. The molecule has 268 valence electrons. The average molecular weight is 699 g/mol. The molecule has 1 aromatic heterocycles. The number of carbonyl (C=O) groups is 1. The highest BCUT2D eigenvalue weighted by Gasteiger charge is 2.59. The van der Waals surface area contributed by atoms with Crippen LogP contribution in [0.3, 0.4) is 0 Å². The summed E-state index contributed by atoms with van der Waals surface area (Å²) in [6.45, 7) is 12.2. The zero-order chi connectivity index (χ0) is 35.2. The van der Waals surface area contributed by atoms with E-state index in [1.165, 1.54) is 63.0 Å². The predicted molar refractivity (Wildman–Crippen MR) is 201 cm³/mol. The Hall–Kier alpha value is -3.05. The van der Waals surface area contributed by atoms with Crippen LogP contribution < -0.4 is 10.4 Å². The smallest absolute Gasteiger partial charge is 0.344 e. The first-order valence-electron chi connectivity index (χ1n) is 19.3. The van der Waals surface area contributed by atoms with Gasteiger partial charge in [-0.2, -0.15) is 0 Å². The number of fused-ring (bicyclic) bond motifs is 6. The highest BCUT2D eigenvalue weighted by Crippen LogP contribution is 2.67. The van der Waals surface area contributed by atoms with Crippen LogP contribution in [0.5, 0.6) is 5.75 Å². The Morgan fingerprint density at radius 1 is 0.980 bits per heavy atom. The molecule has 3 aromatic rings. The van der Waals surface area contributed by atoms with E-state index in [-0.39, 0.29) is 23.9 Å². The van der Waals surface area contributed by atoms with Crippen molar-refractivity contribution in [3.05, 3.63) is 75.6 Å². The predicted octanol–water partition coefficient (Wildman–Crippen LogP) is 11.4. The minimum atomic E-state index is -0.464. The summed E-state index contributed by atoms with van der Waals surface area (Å²) in [5.41, 5.74) is 3.69. The van der Waals surface area contributed by atoms with Gasteiger partial charge in [0.25, 0.3) is 0 Å². The zero-order valence-electron chi connectivity index (χ0n) is 30.6. The standard InChI is InChI=1S/C44H55ClO5/c1-27(2)10-9-11-28(3)35-16-17-36-32-15-14-30-22-31(18-20-43(30,4)37(32)19-21-44(35,36)5)49-42(47)26-48-40-25-39-34(23-38(40)45)33(24-41(46)50-39)29-12-7-6-8-13-29/h6-8,12-14,23-25,27-28,31-32,35-37H,9-11,15-22,26H2,1-5H3/t28-,31+,32+,35+,36-,37-,43+,44-/m1/s1. The van der Waals surface area contributed by atoms with Crippen molar-refractivity contribution in [2.24, 2.45) is 46.3 Å². The van der Waals surface area contributed by atoms with Gasteiger partial charge in [0.1, 0.15) is 17.4 Å². The van der Waals surface area contributed by atoms with Crippen molar-refractivity contribution in [1.82, 2.24) is 0 Å². The summed E-state index contributed by atoms with van der Waals surface area (Å²) >= 11 is 6.62. The Kier molecular flexibility index (Phi) is 10.0. The number of esters is 1. The molecule has 0 bridgehead atoms. The Labute approximate surface area is 303 Å². The Morgan fingerprint density at radius 3 is 2.56 bits per heavy atom. The lowest BCUT2D eigenvalue weighted by molar-refractivity contribution is -0.153. The molecule has 0 spiro atoms. The molecular formula is C44H55ClO5. The van der Waals surface area contributed by atoms with Crippen molar-refractivity contribution in [2.45, 2.75) is 111 Å². The monoisotopic (exact) mass is 698 g/mol. The summed E-state index contributed by atoms with van der Waals surface area (Å²) in [6.07, 6.45) is 16.0. The van der Waals surface area contributed by atoms with E-state index in [0.29, 0.717) is 21.4 Å². The SMILES string of the molecule is CC(C)CCC[C@@H](C)[C@@H]1CC[C@@H]2[C@@H]3CC=C4C[C@@H](OC(=O)COc5cc6oc(=O)cc(-c7ccccc7)c6cc5Cl)CC[C@]4(C)[C@@H]3CC[C@@]21C. The summed E-state index contributed by atoms with van der Waals surface area (Å²) in [5, 5.41) is 1.04. The number of carbonyl (C=O) groups excluding carboxylic acids is 1. The third kappa shape index (κ3) is 6.69. The molecule has 7 rings (SSSR count). The number of hydrogen-bond acceptors (Lipinski definition) is 5. The molecule has 6 heteroatoms. The minimum Gasteiger partial charge on any atom is -0.480 e. The van der Waals surface area contributed by atoms with Crippen LogP contribution >= 0.6 is 11.6 Å². The van der Waals surface area contributed by atoms with Gasteiger partial charge in [0.15, 0.2) is 6.61 Å². The summed E-state index contributed by atoms with van der Waals surface area (Å²) < 4.78 is 17.4. The van der Waals surface area contributed by atoms with Crippen molar-refractivity contribution in [3.8, 4) is 16.9 Å². The molecule has 2 aromatic carbocycles. The molecule has 0 saturated heterocycles. The second-order valence-electron chi connectivity index (χ2n) is 17.1. The molecule has 4 aliphatic carbocycles. The first-order valence-corrected chi connectivity index (χ1v) is 19.7. The number of ether oxygens (including phenoxy) is 2. The lowest BCUT2D eigenvalue weighted by Gasteiger charge is -2.58. The van der Waals surface area contributed by atoms with Gasteiger partial charge < -0.3 is 13.9 Å². The van der Waals surface area contributed by atoms with Crippen LogP contribution in [0.1, 0.15) is 105 Å². The second-order valence-corrected chi connectivity index (χ2v) is 17.5. The van der Waals surface area contributed by atoms with Crippen LogP contribution in [0, 0.1) is 46.3 Å². The van der Waals surface area contributed by atoms with E-state index >= 15 is 0 Å². The lowest BCUT2D eigenvalue weighted by Crippen LogP contribution is -2.51. The molecule has 0 aliphatic heterocycles. The normalized spacial score (nSPS) is 31.0. The van der Waals surface area contributed by atoms with Crippen LogP contribution in [0.2, 0.25) is 5.02 Å². The number of rotatable bonds is 10. The van der Waals surface area contributed by atoms with Gasteiger partial charge in [-0.25, -0.2) is 9.59 Å². The quantitative estimate of drug-likeness (QED) is 0.120. The van der Waals surface area contributed by atoms with Gasteiger partial charge in [-0.05, 0) is 108 Å². The van der Waals surface area contributed by atoms with Gasteiger partial charge in [-0.3, -0.25) is 0 Å². The fourth-order valence-corrected chi connectivity index (χ4v) is 11.5. The fourth-order valence-electron chi connectivity index (χ4n) is 11.2. The van der Waals surface area contributed by atoms with Crippen LogP contribution in [0.4, 0.5) is 0 Å². The fraction of sp³-hybridized carbons (Fsp3) is 0.591. The molecule has 3 saturated carbocycles. The molecule has 0 N–H and O–H groups in total. The first kappa shape index (κ1) is 35.4. The summed E-state index contributed by atoms with van der Waals surface area (Å²) in [7, 11) is 0. The van der Waals surface area contributed by atoms with Gasteiger partial charge in [-0.1, -0.05) is 107 Å². The number of hydrogen-bond donors (Lipinski definition) is 0. The summed E-state index contributed by atoms with van der Waals surface area (Å²) in [5.74, 6) is 4.71. The van der Waals surface area contributed by atoms with Crippen molar-refractivity contribution in [1.29, 1.82) is 0 Å². The molecule has 8 atom stereocenters. The summed E-state index contributed by atoms with van der Waals surface area (Å²) in [6, 6.07) is 14.4. The second kappa shape index (κ2) is 14.2. The van der Waals surface area contributed by atoms with Crippen LogP contribution in [-0.4, -0.2) is 18.7 Å². The highest BCUT2D eigenvalue weighted by molar-refractivity contribution is 6.33. The average Bonchev–Trinajstić information content (AvgIpc) is 3.45. The Bertz CT molecular complexity index is 1790. The van der Waals surface area contributed by atoms with Crippen LogP contribution in [0.25, 0.3) is 22.1 Å². The number of allylic oxidation sites excluding steroid dienone is 1. The van der Waals surface area contributed by atoms with Crippen molar-refractivity contribution >= 4 is 28.5 Å². The molecule has 0 radical (unpaired) electrons. The van der Waals surface area contributed by atoms with E-state index in [2.05, 4.69) is 40.7 Å². The maximum Gasteiger partial charge on any atom is 0.344 e. The molecule has 1 heterocycles. The van der Waals surface area contributed by atoms with Gasteiger partial charge in [-0.15, -0.1) is 0 Å². The number of halogens is 1. The van der Waals surface area contributed by atoms with Gasteiger partial charge >= 0.3 is 11.6 Å². The molecule has 0 unspecified atom stereocenters. The van der Waals surface area contributed by atoms with Gasteiger partial charge in [0.2, 0.25) is 0 Å². The third-order valence-corrected chi connectivity index (χ3v) is 14.1. The van der Waals surface area contributed by atoms with Gasteiger partial charge in [0, 0.05) is 23.9 Å². The highest BCUT2D eigenvalue weighted by atomic mass is 35.5. The zero-order valence-corrected chi connectivity index (χ0v) is 31.4. The Balaban J connectivity index is 0.973. The van der Waals surface area contributed by atoms with E-state index in [1.54, 1.807) is 12.1 Å². The largest absolute Gasteiger partial charge is 0.480 e. The van der Waals surface area contributed by atoms with E-state index in [4.69, 9.17) is 25.5 Å². The van der Waals surface area contributed by atoms with Crippen molar-refractivity contribution < 1.29 is 18.7 Å². The van der Waals surface area contributed by atoms with E-state index in [0.717, 1.165) is 65.9 Å².